The highest BCUT2D eigenvalue weighted by Gasteiger charge is 2.23. The van der Waals surface area contributed by atoms with Gasteiger partial charge in [-0.1, -0.05) is 56.6 Å². The zero-order valence-electron chi connectivity index (χ0n) is 18.6. The van der Waals surface area contributed by atoms with E-state index in [1.807, 2.05) is 30.3 Å². The Morgan fingerprint density at radius 1 is 0.939 bits per heavy atom. The molecule has 4 rings (SSSR count). The number of carbonyl (C=O) groups is 2. The molecule has 0 aliphatic carbocycles. The lowest BCUT2D eigenvalue weighted by Crippen LogP contribution is -2.21. The van der Waals surface area contributed by atoms with Gasteiger partial charge in [-0.2, -0.15) is 0 Å². The molecule has 0 saturated carbocycles. The number of amides is 1. The van der Waals surface area contributed by atoms with Gasteiger partial charge in [0.2, 0.25) is 5.78 Å². The highest BCUT2D eigenvalue weighted by Crippen LogP contribution is 2.33. The summed E-state index contributed by atoms with van der Waals surface area (Å²) in [6, 6.07) is 21.3. The molecule has 0 radical (unpaired) electrons. The van der Waals surface area contributed by atoms with Crippen molar-refractivity contribution in [2.24, 2.45) is 0 Å². The maximum Gasteiger partial charge on any atom is 0.262 e. The van der Waals surface area contributed by atoms with Crippen LogP contribution in [0.5, 0.6) is 5.75 Å². The summed E-state index contributed by atoms with van der Waals surface area (Å²) in [5, 5.41) is 3.96. The van der Waals surface area contributed by atoms with Crippen molar-refractivity contribution >= 4 is 39.9 Å². The molecule has 1 N–H and O–H groups in total. The molecule has 6 heteroatoms. The fraction of sp³-hybridized carbons (Fsp3) is 0.185. The molecule has 0 bridgehead atoms. The van der Waals surface area contributed by atoms with Crippen LogP contribution in [0.15, 0.2) is 77.2 Å². The topological polar surface area (TPSA) is 68.5 Å². The van der Waals surface area contributed by atoms with Crippen LogP contribution in [0.4, 0.5) is 5.69 Å². The summed E-state index contributed by atoms with van der Waals surface area (Å²) in [5.74, 6) is -0.0995. The van der Waals surface area contributed by atoms with Gasteiger partial charge in [0.1, 0.15) is 11.3 Å². The normalized spacial score (nSPS) is 11.4. The average Bonchev–Trinajstić information content (AvgIpc) is 3.16. The van der Waals surface area contributed by atoms with Crippen LogP contribution in [-0.2, 0) is 10.2 Å². The van der Waals surface area contributed by atoms with Crippen molar-refractivity contribution in [1.29, 1.82) is 0 Å². The van der Waals surface area contributed by atoms with E-state index in [9.17, 15) is 9.59 Å². The monoisotopic (exact) mass is 461 g/mol. The minimum atomic E-state index is -0.397. The third kappa shape index (κ3) is 5.10. The van der Waals surface area contributed by atoms with Crippen molar-refractivity contribution in [3.05, 3.63) is 94.7 Å². The maximum atomic E-state index is 13.1. The molecule has 1 heterocycles. The summed E-state index contributed by atoms with van der Waals surface area (Å²) >= 11 is 5.94. The number of furan rings is 1. The van der Waals surface area contributed by atoms with Crippen LogP contribution in [-0.4, -0.2) is 18.3 Å². The predicted molar refractivity (Wildman–Crippen MR) is 130 cm³/mol. The highest BCUT2D eigenvalue weighted by atomic mass is 35.5. The molecule has 0 aliphatic heterocycles. The van der Waals surface area contributed by atoms with Crippen LogP contribution in [0.25, 0.3) is 11.0 Å². The molecule has 168 valence electrons. The summed E-state index contributed by atoms with van der Waals surface area (Å²) in [7, 11) is 0. The Morgan fingerprint density at radius 3 is 2.27 bits per heavy atom. The summed E-state index contributed by atoms with van der Waals surface area (Å²) in [6.07, 6.45) is 0. The number of hydrogen-bond donors (Lipinski definition) is 1. The zero-order valence-corrected chi connectivity index (χ0v) is 19.4. The number of halogens is 1. The molecule has 0 aliphatic rings. The van der Waals surface area contributed by atoms with E-state index >= 15 is 0 Å². The third-order valence-corrected chi connectivity index (χ3v) is 5.51. The first-order chi connectivity index (χ1) is 15.7. The summed E-state index contributed by atoms with van der Waals surface area (Å²) in [6.45, 7) is 6.19. The van der Waals surface area contributed by atoms with Crippen LogP contribution >= 0.6 is 11.6 Å². The molecule has 0 fully saturated rings. The molecule has 0 atom stereocenters. The number of ketones is 1. The number of fused-ring (bicyclic) bond motifs is 1. The lowest BCUT2D eigenvalue weighted by atomic mass is 9.87. The van der Waals surface area contributed by atoms with Gasteiger partial charge in [0.05, 0.1) is 5.69 Å². The number of hydrogen-bond acceptors (Lipinski definition) is 4. The molecule has 1 amide bonds. The zero-order chi connectivity index (χ0) is 23.6. The second kappa shape index (κ2) is 9.12. The van der Waals surface area contributed by atoms with Gasteiger partial charge < -0.3 is 14.5 Å². The number of carbonyl (C=O) groups excluding carboxylic acids is 2. The van der Waals surface area contributed by atoms with Crippen LogP contribution in [0.1, 0.15) is 42.5 Å². The van der Waals surface area contributed by atoms with Crippen molar-refractivity contribution in [2.45, 2.75) is 26.2 Å². The van der Waals surface area contributed by atoms with Gasteiger partial charge in [-0.25, -0.2) is 0 Å². The Balaban J connectivity index is 1.54. The molecule has 33 heavy (non-hydrogen) atoms. The fourth-order valence-corrected chi connectivity index (χ4v) is 3.56. The second-order valence-corrected chi connectivity index (χ2v) is 9.19. The first kappa shape index (κ1) is 22.6. The van der Waals surface area contributed by atoms with Crippen molar-refractivity contribution in [3.8, 4) is 5.75 Å². The van der Waals surface area contributed by atoms with E-state index in [0.29, 0.717) is 33.0 Å². The van der Waals surface area contributed by atoms with Crippen LogP contribution in [0, 0.1) is 0 Å². The average molecular weight is 462 g/mol. The van der Waals surface area contributed by atoms with E-state index < -0.39 is 5.91 Å². The predicted octanol–water partition coefficient (Wildman–Crippen LogP) is 6.63. The summed E-state index contributed by atoms with van der Waals surface area (Å²) in [4.78, 5) is 25.8. The smallest absolute Gasteiger partial charge is 0.262 e. The quantitative estimate of drug-likeness (QED) is 0.327. The summed E-state index contributed by atoms with van der Waals surface area (Å²) < 4.78 is 11.5. The Hall–Kier alpha value is -3.57. The Bertz CT molecular complexity index is 1300. The number of rotatable bonds is 6. The largest absolute Gasteiger partial charge is 0.484 e. The van der Waals surface area contributed by atoms with E-state index in [2.05, 4.69) is 26.1 Å². The van der Waals surface area contributed by atoms with Gasteiger partial charge in [-0.05, 0) is 59.5 Å². The van der Waals surface area contributed by atoms with Gasteiger partial charge in [-0.15, -0.1) is 0 Å². The van der Waals surface area contributed by atoms with Crippen LogP contribution < -0.4 is 10.1 Å². The van der Waals surface area contributed by atoms with E-state index in [0.717, 1.165) is 0 Å². The Morgan fingerprint density at radius 2 is 1.61 bits per heavy atom. The Kier molecular flexibility index (Phi) is 6.25. The molecule has 0 saturated heterocycles. The van der Waals surface area contributed by atoms with E-state index in [1.54, 1.807) is 42.5 Å². The maximum absolute atomic E-state index is 13.1. The van der Waals surface area contributed by atoms with E-state index in [-0.39, 0.29) is 23.6 Å². The highest BCUT2D eigenvalue weighted by molar-refractivity contribution is 6.30. The number of anilines is 1. The van der Waals surface area contributed by atoms with Gasteiger partial charge in [0, 0.05) is 16.0 Å². The lowest BCUT2D eigenvalue weighted by Gasteiger charge is -2.19. The van der Waals surface area contributed by atoms with Crippen molar-refractivity contribution in [2.75, 3.05) is 11.9 Å². The third-order valence-electron chi connectivity index (χ3n) is 5.26. The van der Waals surface area contributed by atoms with E-state index in [1.165, 1.54) is 5.56 Å². The SMILES string of the molecule is CC(C)(C)c1ccc(OCC(=O)Nc2c(C(=O)c3ccc(Cl)cc3)oc3ccccc23)cc1. The molecule has 1 aromatic heterocycles. The Labute approximate surface area is 197 Å². The van der Waals surface area contributed by atoms with Gasteiger partial charge >= 0.3 is 0 Å². The number of benzene rings is 3. The first-order valence-electron chi connectivity index (χ1n) is 10.6. The number of nitrogens with one attached hydrogen (secondary N) is 1. The molecular weight excluding hydrogens is 438 g/mol. The minimum absolute atomic E-state index is 0.0330. The van der Waals surface area contributed by atoms with Gasteiger partial charge in [-0.3, -0.25) is 9.59 Å². The first-order valence-corrected chi connectivity index (χ1v) is 10.9. The lowest BCUT2D eigenvalue weighted by molar-refractivity contribution is -0.118. The fourth-order valence-electron chi connectivity index (χ4n) is 3.44. The number of para-hydroxylation sites is 1. The van der Waals surface area contributed by atoms with Crippen molar-refractivity contribution in [1.82, 2.24) is 0 Å². The second-order valence-electron chi connectivity index (χ2n) is 8.75. The van der Waals surface area contributed by atoms with Crippen LogP contribution in [0.3, 0.4) is 0 Å². The standard InChI is InChI=1S/C27H24ClNO4/c1-27(2,3)18-10-14-20(15-11-18)32-16-23(30)29-24-21-6-4-5-7-22(21)33-26(24)25(31)17-8-12-19(28)13-9-17/h4-15H,16H2,1-3H3,(H,29,30). The van der Waals surface area contributed by atoms with Crippen LogP contribution in [0.2, 0.25) is 5.02 Å². The molecule has 5 nitrogen and oxygen atoms in total. The van der Waals surface area contributed by atoms with Crippen molar-refractivity contribution in [3.63, 3.8) is 0 Å². The molecular formula is C27H24ClNO4. The van der Waals surface area contributed by atoms with Crippen molar-refractivity contribution < 1.29 is 18.7 Å². The minimum Gasteiger partial charge on any atom is -0.484 e. The molecule has 0 spiro atoms. The van der Waals surface area contributed by atoms with Gasteiger partial charge in [0.15, 0.2) is 12.4 Å². The molecule has 4 aromatic rings. The number of ether oxygens (including phenoxy) is 1. The molecule has 3 aromatic carbocycles. The van der Waals surface area contributed by atoms with Gasteiger partial charge in [0.25, 0.3) is 5.91 Å². The molecule has 0 unspecified atom stereocenters. The summed E-state index contributed by atoms with van der Waals surface area (Å²) in [5.41, 5.74) is 2.44. The van der Waals surface area contributed by atoms with E-state index in [4.69, 9.17) is 20.8 Å².